The van der Waals surface area contributed by atoms with Crippen molar-refractivity contribution < 1.29 is 38.9 Å². The van der Waals surface area contributed by atoms with Crippen molar-refractivity contribution in [3.05, 3.63) is 12.2 Å². The van der Waals surface area contributed by atoms with Gasteiger partial charge in [-0.3, -0.25) is 19.6 Å². The first-order valence-electron chi connectivity index (χ1n) is 40.7. The third-order valence-corrected chi connectivity index (χ3v) is 18.6. The number of guanidine groups is 2. The largest absolute Gasteiger partial charge is 0.462 e. The first-order valence-corrected chi connectivity index (χ1v) is 40.7. The standard InChI is InChI=1S/C40H79N5O4.C39H79N5O4/c1-3-5-7-9-11-13-15-17-19-20-22-24-26-28-30-37(46)35(41)34-49-39(48)36(32-33-44-40(42)43)45-38(47)31-29-27-25-23-21-18-16-14-12-10-8-6-4-2;1-3-5-7-9-11-13-15-17-19-21-23-25-27-29-36(45)34(40)33-48-38(47)35(31-32-43-39(41)42)44-37(46)30-28-26-24-22-20-18-16-14-12-10-8-6-4-2/h26,28,35-37,46H,3-25,27,29-34,41H2,1-2H3,(H,45,47)(H4,42,43,44);34-36,45H,3-33,40H2,1-2H3,(H,44,46)(H4,41,42,43)/t35-,36?,37+;34-,35?,36+/m00/s1. The maximum atomic E-state index is 12.9. The van der Waals surface area contributed by atoms with E-state index in [1.54, 1.807) is 0 Å². The maximum Gasteiger partial charge on any atom is 0.328 e. The van der Waals surface area contributed by atoms with Gasteiger partial charge in [-0.1, -0.05) is 342 Å². The van der Waals surface area contributed by atoms with E-state index in [9.17, 15) is 29.4 Å². The van der Waals surface area contributed by atoms with E-state index in [4.69, 9.17) is 43.9 Å². The smallest absolute Gasteiger partial charge is 0.328 e. The molecule has 0 radical (unpaired) electrons. The van der Waals surface area contributed by atoms with Gasteiger partial charge in [-0.2, -0.15) is 0 Å². The molecule has 0 aliphatic heterocycles. The monoisotopic (exact) mass is 1380 g/mol. The fourth-order valence-electron chi connectivity index (χ4n) is 12.1. The first kappa shape index (κ1) is 95.1. The molecule has 0 aliphatic rings. The van der Waals surface area contributed by atoms with Crippen molar-refractivity contribution in [2.24, 2.45) is 44.4 Å². The summed E-state index contributed by atoms with van der Waals surface area (Å²) in [6, 6.07) is -3.15. The minimum Gasteiger partial charge on any atom is -0.462 e. The molecule has 0 aromatic rings. The summed E-state index contributed by atoms with van der Waals surface area (Å²) in [5.74, 6) is -1.70. The Bertz CT molecular complexity index is 1840. The second-order valence-electron chi connectivity index (χ2n) is 28.2. The van der Waals surface area contributed by atoms with Crippen LogP contribution in [0.1, 0.15) is 394 Å². The summed E-state index contributed by atoms with van der Waals surface area (Å²) < 4.78 is 10.9. The molecule has 18 nitrogen and oxygen atoms in total. The topological polar surface area (TPSA) is 332 Å². The Hall–Kier alpha value is -4.00. The van der Waals surface area contributed by atoms with Crippen molar-refractivity contribution in [3.8, 4) is 0 Å². The van der Waals surface area contributed by atoms with Crippen molar-refractivity contribution in [1.29, 1.82) is 0 Å². The molecule has 0 aromatic carbocycles. The Morgan fingerprint density at radius 1 is 0.351 bits per heavy atom. The summed E-state index contributed by atoms with van der Waals surface area (Å²) in [6.45, 7) is 9.15. The Morgan fingerprint density at radius 3 is 0.897 bits per heavy atom. The number of carbonyl (C=O) groups excluding carboxylic acids is 4. The molecule has 18 heteroatoms. The third kappa shape index (κ3) is 70.2. The second-order valence-corrected chi connectivity index (χ2v) is 28.2. The highest BCUT2D eigenvalue weighted by Crippen LogP contribution is 2.19. The summed E-state index contributed by atoms with van der Waals surface area (Å²) >= 11 is 0. The minimum atomic E-state index is -0.882. The van der Waals surface area contributed by atoms with E-state index in [-0.39, 0.29) is 62.9 Å². The second kappa shape index (κ2) is 74.7. The summed E-state index contributed by atoms with van der Waals surface area (Å²) in [5.41, 5.74) is 34.0. The lowest BCUT2D eigenvalue weighted by Gasteiger charge is -2.21. The lowest BCUT2D eigenvalue weighted by Crippen LogP contribution is -2.45. The number of unbranched alkanes of at least 4 members (excludes halogenated alkanes) is 47. The molecule has 0 aromatic heterocycles. The zero-order chi connectivity index (χ0) is 71.7. The fraction of sp³-hybridized carbons (Fsp3) is 0.899. The van der Waals surface area contributed by atoms with Crippen LogP contribution in [-0.2, 0) is 28.7 Å². The van der Waals surface area contributed by atoms with Gasteiger partial charge in [0.1, 0.15) is 25.3 Å². The van der Waals surface area contributed by atoms with Gasteiger partial charge in [0.15, 0.2) is 11.9 Å². The SMILES string of the molecule is CCCCCCCCCCCCCC=CC[C@@H](O)[C@@H](N)COC(=O)C(CCN=C(N)N)NC(=O)CCCCCCCCCCCCCCC.CCCCCCCCCCCCCCCC(=O)NC(CCN=C(N)N)C(=O)OC[C@H](N)[C@H](O)CCCCCCCCCCCCCCC. The lowest BCUT2D eigenvalue weighted by molar-refractivity contribution is -0.149. The van der Waals surface area contributed by atoms with Crippen molar-refractivity contribution in [2.45, 2.75) is 430 Å². The fourth-order valence-corrected chi connectivity index (χ4v) is 12.1. The number of amides is 2. The van der Waals surface area contributed by atoms with Crippen LogP contribution in [0.25, 0.3) is 0 Å². The normalized spacial score (nSPS) is 13.2. The van der Waals surface area contributed by atoms with Crippen LogP contribution in [0.2, 0.25) is 0 Å². The van der Waals surface area contributed by atoms with Gasteiger partial charge in [0.2, 0.25) is 11.8 Å². The van der Waals surface area contributed by atoms with E-state index in [1.807, 2.05) is 6.08 Å². The first-order chi connectivity index (χ1) is 47.1. The number of ether oxygens (including phenoxy) is 2. The maximum absolute atomic E-state index is 12.9. The number of aliphatic hydroxyl groups is 2. The van der Waals surface area contributed by atoms with Gasteiger partial charge in [-0.25, -0.2) is 9.59 Å². The molecule has 16 N–H and O–H groups in total. The van der Waals surface area contributed by atoms with E-state index in [1.165, 1.54) is 263 Å². The summed E-state index contributed by atoms with van der Waals surface area (Å²) in [7, 11) is 0. The highest BCUT2D eigenvalue weighted by molar-refractivity contribution is 5.85. The van der Waals surface area contributed by atoms with Crippen LogP contribution in [0.3, 0.4) is 0 Å². The van der Waals surface area contributed by atoms with Crippen LogP contribution in [0, 0.1) is 0 Å². The number of hydrogen-bond acceptors (Lipinski definition) is 12. The molecular weight excluding hydrogens is 1220 g/mol. The van der Waals surface area contributed by atoms with Crippen molar-refractivity contribution in [2.75, 3.05) is 26.3 Å². The summed E-state index contributed by atoms with van der Waals surface area (Å²) in [6.07, 6.45) is 68.9. The number of esters is 2. The summed E-state index contributed by atoms with van der Waals surface area (Å²) in [5, 5.41) is 26.6. The summed E-state index contributed by atoms with van der Waals surface area (Å²) in [4.78, 5) is 58.9. The van der Waals surface area contributed by atoms with Crippen molar-refractivity contribution in [3.63, 3.8) is 0 Å². The van der Waals surface area contributed by atoms with E-state index in [2.05, 4.69) is 54.4 Å². The molecule has 0 bridgehead atoms. The molecule has 2 unspecified atom stereocenters. The van der Waals surface area contributed by atoms with Gasteiger partial charge < -0.3 is 64.7 Å². The minimum absolute atomic E-state index is 0.0706. The molecule has 0 spiro atoms. The molecule has 0 saturated heterocycles. The van der Waals surface area contributed by atoms with Gasteiger partial charge >= 0.3 is 11.9 Å². The van der Waals surface area contributed by atoms with Crippen molar-refractivity contribution in [1.82, 2.24) is 10.6 Å². The molecule has 6 atom stereocenters. The molecule has 2 amide bonds. The third-order valence-electron chi connectivity index (χ3n) is 18.6. The number of aliphatic imine (C=N–C) groups is 2. The number of nitrogens with one attached hydrogen (secondary N) is 2. The number of allylic oxidation sites excluding steroid dienone is 1. The quantitative estimate of drug-likeness (QED) is 0.00890. The van der Waals surface area contributed by atoms with Crippen molar-refractivity contribution >= 4 is 35.7 Å². The Morgan fingerprint density at radius 2 is 0.608 bits per heavy atom. The van der Waals surface area contributed by atoms with Crippen LogP contribution in [-0.4, -0.2) is 109 Å². The molecular formula is C79H158N10O8. The van der Waals surface area contributed by atoms with Crippen LogP contribution >= 0.6 is 0 Å². The van der Waals surface area contributed by atoms with Crippen LogP contribution in [0.15, 0.2) is 22.1 Å². The van der Waals surface area contributed by atoms with Gasteiger partial charge in [0, 0.05) is 25.9 Å². The number of nitrogens with zero attached hydrogens (tertiary/aromatic N) is 2. The number of hydrogen-bond donors (Lipinski definition) is 10. The molecule has 0 heterocycles. The average Bonchev–Trinajstić information content (AvgIpc) is 1.29. The predicted octanol–water partition coefficient (Wildman–Crippen LogP) is 16.8. The van der Waals surface area contributed by atoms with Gasteiger partial charge in [-0.05, 0) is 51.4 Å². The van der Waals surface area contributed by atoms with Gasteiger partial charge in [-0.15, -0.1) is 0 Å². The molecule has 0 fully saturated rings. The van der Waals surface area contributed by atoms with Crippen LogP contribution in [0.4, 0.5) is 0 Å². The van der Waals surface area contributed by atoms with Gasteiger partial charge in [0.05, 0.1) is 24.3 Å². The number of nitrogens with two attached hydrogens (primary N) is 6. The Balaban J connectivity index is 0. The highest BCUT2D eigenvalue weighted by Gasteiger charge is 2.26. The van der Waals surface area contributed by atoms with Crippen LogP contribution in [0.5, 0.6) is 0 Å². The van der Waals surface area contributed by atoms with E-state index >= 15 is 0 Å². The number of aliphatic hydroxyl groups excluding tert-OH is 2. The predicted molar refractivity (Wildman–Crippen MR) is 410 cm³/mol. The van der Waals surface area contributed by atoms with E-state index in [0.29, 0.717) is 25.7 Å². The Labute approximate surface area is 595 Å². The number of rotatable bonds is 72. The molecule has 572 valence electrons. The van der Waals surface area contributed by atoms with Gasteiger partial charge in [0.25, 0.3) is 0 Å². The zero-order valence-corrected chi connectivity index (χ0v) is 63.5. The molecule has 0 rings (SSSR count). The average molecular weight is 1380 g/mol. The number of carbonyl (C=O) groups is 4. The van der Waals surface area contributed by atoms with E-state index in [0.717, 1.165) is 64.2 Å². The molecule has 0 saturated carbocycles. The van der Waals surface area contributed by atoms with E-state index < -0.39 is 48.3 Å². The Kier molecular flexibility index (Phi) is 73.2. The zero-order valence-electron chi connectivity index (χ0n) is 63.5. The lowest BCUT2D eigenvalue weighted by atomic mass is 10.0. The molecule has 97 heavy (non-hydrogen) atoms. The molecule has 0 aliphatic carbocycles. The highest BCUT2D eigenvalue weighted by atomic mass is 16.5. The van der Waals surface area contributed by atoms with Crippen LogP contribution < -0.4 is 45.0 Å².